The van der Waals surface area contributed by atoms with Gasteiger partial charge in [-0.3, -0.25) is 19.3 Å². The number of aryl methyl sites for hydroxylation is 1. The Labute approximate surface area is 203 Å². The molecule has 2 aromatic carbocycles. The Morgan fingerprint density at radius 2 is 1.91 bits per heavy atom. The second-order valence-electron chi connectivity index (χ2n) is 8.93. The van der Waals surface area contributed by atoms with E-state index in [1.807, 2.05) is 30.0 Å². The van der Waals surface area contributed by atoms with Crippen LogP contribution >= 0.6 is 11.6 Å². The van der Waals surface area contributed by atoms with Gasteiger partial charge in [0.2, 0.25) is 5.91 Å². The third-order valence-corrected chi connectivity index (χ3v) is 6.68. The highest BCUT2D eigenvalue weighted by Gasteiger charge is 2.60. The molecule has 180 valence electrons. The maximum Gasteiger partial charge on any atom is 0.302 e. The van der Waals surface area contributed by atoms with Crippen LogP contribution in [0.15, 0.2) is 36.4 Å². The molecule has 0 spiro atoms. The van der Waals surface area contributed by atoms with Gasteiger partial charge >= 0.3 is 5.97 Å². The van der Waals surface area contributed by atoms with Crippen LogP contribution in [0, 0.1) is 6.92 Å². The van der Waals surface area contributed by atoms with Gasteiger partial charge in [-0.1, -0.05) is 23.2 Å². The van der Waals surface area contributed by atoms with Crippen molar-refractivity contribution in [1.82, 2.24) is 9.80 Å². The van der Waals surface area contributed by atoms with Crippen molar-refractivity contribution in [3.05, 3.63) is 58.1 Å². The number of esters is 1. The highest BCUT2D eigenvalue weighted by atomic mass is 35.5. The normalized spacial score (nSPS) is 23.9. The maximum absolute atomic E-state index is 14.0. The number of methoxy groups -OCH3 is 1. The molecule has 1 unspecified atom stereocenters. The highest BCUT2D eigenvalue weighted by molar-refractivity contribution is 6.31. The molecule has 0 aliphatic carbocycles. The Bertz CT molecular complexity index is 1170. The molecule has 2 amide bonds. The molecule has 2 aliphatic rings. The number of hydrogen-bond acceptors (Lipinski definition) is 6. The Balaban J connectivity index is 2.02. The van der Waals surface area contributed by atoms with Crippen LogP contribution in [0.5, 0.6) is 5.75 Å². The number of ether oxygens (including phenoxy) is 2. The van der Waals surface area contributed by atoms with E-state index in [9.17, 15) is 14.4 Å². The molecule has 0 radical (unpaired) electrons. The van der Waals surface area contributed by atoms with Crippen molar-refractivity contribution in [1.29, 1.82) is 0 Å². The van der Waals surface area contributed by atoms with E-state index < -0.39 is 23.7 Å². The van der Waals surface area contributed by atoms with Crippen molar-refractivity contribution in [2.75, 3.05) is 33.1 Å². The van der Waals surface area contributed by atoms with Crippen LogP contribution in [-0.2, 0) is 24.7 Å². The van der Waals surface area contributed by atoms with Crippen molar-refractivity contribution in [3.63, 3.8) is 0 Å². The topological polar surface area (TPSA) is 88.2 Å². The molecule has 2 aromatic rings. The van der Waals surface area contributed by atoms with Gasteiger partial charge in [0.15, 0.2) is 5.54 Å². The molecular formula is C25H28ClN3O5. The van der Waals surface area contributed by atoms with Crippen molar-refractivity contribution >= 4 is 35.1 Å². The quantitative estimate of drug-likeness (QED) is 0.655. The van der Waals surface area contributed by atoms with Gasteiger partial charge in [0.25, 0.3) is 5.91 Å². The van der Waals surface area contributed by atoms with Gasteiger partial charge < -0.3 is 19.7 Å². The summed E-state index contributed by atoms with van der Waals surface area (Å²) in [6.07, 6.45) is -0.301. The average Bonchev–Trinajstić information content (AvgIpc) is 3.30. The molecule has 0 aromatic heterocycles. The van der Waals surface area contributed by atoms with Crippen LogP contribution in [0.2, 0.25) is 5.02 Å². The van der Waals surface area contributed by atoms with Crippen LogP contribution in [0.25, 0.3) is 0 Å². The molecule has 34 heavy (non-hydrogen) atoms. The Morgan fingerprint density at radius 3 is 2.56 bits per heavy atom. The van der Waals surface area contributed by atoms with Crippen LogP contribution in [-0.4, -0.2) is 67.5 Å². The summed E-state index contributed by atoms with van der Waals surface area (Å²) in [5, 5.41) is 3.43. The average molecular weight is 486 g/mol. The van der Waals surface area contributed by atoms with E-state index in [2.05, 4.69) is 5.32 Å². The lowest BCUT2D eigenvalue weighted by Gasteiger charge is -2.41. The summed E-state index contributed by atoms with van der Waals surface area (Å²) in [6.45, 7) is 3.44. The second kappa shape index (κ2) is 8.92. The zero-order valence-corrected chi connectivity index (χ0v) is 20.6. The molecule has 0 saturated carbocycles. The van der Waals surface area contributed by atoms with Gasteiger partial charge in [0.1, 0.15) is 11.9 Å². The minimum atomic E-state index is -1.43. The number of carbonyl (C=O) groups excluding carboxylic acids is 3. The van der Waals surface area contributed by atoms with Gasteiger partial charge in [-0.25, -0.2) is 0 Å². The van der Waals surface area contributed by atoms with E-state index in [1.54, 1.807) is 39.4 Å². The number of amides is 2. The van der Waals surface area contributed by atoms with E-state index in [0.717, 1.165) is 5.56 Å². The van der Waals surface area contributed by atoms with Crippen LogP contribution < -0.4 is 10.1 Å². The minimum Gasteiger partial charge on any atom is -0.496 e. The van der Waals surface area contributed by atoms with E-state index >= 15 is 0 Å². The molecule has 1 N–H and O–H groups in total. The monoisotopic (exact) mass is 485 g/mol. The summed E-state index contributed by atoms with van der Waals surface area (Å²) >= 11 is 6.41. The molecule has 3 atom stereocenters. The molecule has 2 aliphatic heterocycles. The van der Waals surface area contributed by atoms with Gasteiger partial charge in [-0.05, 0) is 37.3 Å². The fourth-order valence-corrected chi connectivity index (χ4v) is 5.26. The van der Waals surface area contributed by atoms with Gasteiger partial charge in [0.05, 0.1) is 13.2 Å². The van der Waals surface area contributed by atoms with E-state index in [1.165, 1.54) is 11.8 Å². The number of rotatable bonds is 5. The highest BCUT2D eigenvalue weighted by Crippen LogP contribution is 2.51. The number of likely N-dealkylation sites (N-methyl/N-ethyl adjacent to an activating group) is 1. The molecule has 1 saturated heterocycles. The lowest BCUT2D eigenvalue weighted by atomic mass is 9.80. The fraction of sp³-hybridized carbons (Fsp3) is 0.400. The lowest BCUT2D eigenvalue weighted by molar-refractivity contribution is -0.146. The standard InChI is InChI=1S/C25H28ClN3O5/c1-14-6-9-22(33-5)19(10-14)25(18-11-16(26)7-8-20(18)27-24(25)32)29-13-17(34-15(2)30)12-21(29)23(31)28(3)4/h6-11,17,21H,12-13H2,1-5H3,(H,27,32)/t17-,21+,25?/m1/s1. The second-order valence-corrected chi connectivity index (χ2v) is 9.36. The summed E-state index contributed by atoms with van der Waals surface area (Å²) in [5.41, 5.74) is 1.31. The van der Waals surface area contributed by atoms with Crippen molar-refractivity contribution < 1.29 is 23.9 Å². The zero-order chi connectivity index (χ0) is 24.8. The van der Waals surface area contributed by atoms with Crippen LogP contribution in [0.3, 0.4) is 0 Å². The van der Waals surface area contributed by atoms with Crippen LogP contribution in [0.1, 0.15) is 30.0 Å². The first kappa shape index (κ1) is 24.0. The molecule has 8 nitrogen and oxygen atoms in total. The summed E-state index contributed by atoms with van der Waals surface area (Å²) in [6, 6.07) is 10.1. The fourth-order valence-electron chi connectivity index (χ4n) is 5.09. The first-order valence-electron chi connectivity index (χ1n) is 11.0. The molecular weight excluding hydrogens is 458 g/mol. The molecule has 0 bridgehead atoms. The summed E-state index contributed by atoms with van der Waals surface area (Å²) in [5.74, 6) is -0.456. The SMILES string of the molecule is COc1ccc(C)cc1C1(N2C[C@H](OC(C)=O)C[C@H]2C(=O)N(C)C)C(=O)Nc2ccc(Cl)cc21. The number of halogens is 1. The molecule has 2 heterocycles. The zero-order valence-electron chi connectivity index (χ0n) is 19.8. The van der Waals surface area contributed by atoms with Gasteiger partial charge in [-0.15, -0.1) is 0 Å². The summed E-state index contributed by atoms with van der Waals surface area (Å²) in [4.78, 5) is 42.5. The van der Waals surface area contributed by atoms with E-state index in [-0.39, 0.29) is 24.8 Å². The number of carbonyl (C=O) groups is 3. The van der Waals surface area contributed by atoms with E-state index in [4.69, 9.17) is 21.1 Å². The number of anilines is 1. The first-order chi connectivity index (χ1) is 16.1. The first-order valence-corrected chi connectivity index (χ1v) is 11.4. The number of likely N-dealkylation sites (tertiary alicyclic amines) is 1. The van der Waals surface area contributed by atoms with Crippen LogP contribution in [0.4, 0.5) is 5.69 Å². The Kier molecular flexibility index (Phi) is 6.31. The predicted molar refractivity (Wildman–Crippen MR) is 128 cm³/mol. The predicted octanol–water partition coefficient (Wildman–Crippen LogP) is 2.95. The number of nitrogens with zero attached hydrogens (tertiary/aromatic N) is 2. The number of nitrogens with one attached hydrogen (secondary N) is 1. The minimum absolute atomic E-state index is 0.181. The molecule has 4 rings (SSSR count). The Morgan fingerprint density at radius 1 is 1.18 bits per heavy atom. The largest absolute Gasteiger partial charge is 0.496 e. The van der Waals surface area contributed by atoms with Crippen molar-refractivity contribution in [3.8, 4) is 5.75 Å². The third kappa shape index (κ3) is 3.80. The lowest BCUT2D eigenvalue weighted by Crippen LogP contribution is -2.57. The van der Waals surface area contributed by atoms with Crippen molar-refractivity contribution in [2.45, 2.75) is 38.0 Å². The summed E-state index contributed by atoms with van der Waals surface area (Å²) in [7, 11) is 4.87. The van der Waals surface area contributed by atoms with Crippen molar-refractivity contribution in [2.24, 2.45) is 0 Å². The van der Waals surface area contributed by atoms with E-state index in [0.29, 0.717) is 27.6 Å². The Hall–Kier alpha value is -3.10. The molecule has 1 fully saturated rings. The number of benzene rings is 2. The smallest absolute Gasteiger partial charge is 0.302 e. The van der Waals surface area contributed by atoms with Gasteiger partial charge in [-0.2, -0.15) is 0 Å². The summed E-state index contributed by atoms with van der Waals surface area (Å²) < 4.78 is 11.2. The third-order valence-electron chi connectivity index (χ3n) is 6.44. The maximum atomic E-state index is 14.0. The molecule has 9 heteroatoms. The number of fused-ring (bicyclic) bond motifs is 1. The number of hydrogen-bond donors (Lipinski definition) is 1. The van der Waals surface area contributed by atoms with Gasteiger partial charge in [0, 0.05) is 55.8 Å².